The standard InChI is InChI=1S/C8H8N4O2/c1-12-4-9-3-5(12)8-10-6(13)2-7(14)11-8/h2-4H,1H3,(H2,10,11,13,14). The van der Waals surface area contributed by atoms with Crippen LogP contribution in [0.1, 0.15) is 0 Å². The van der Waals surface area contributed by atoms with Crippen molar-refractivity contribution in [2.45, 2.75) is 0 Å². The van der Waals surface area contributed by atoms with Crippen LogP contribution >= 0.6 is 0 Å². The monoisotopic (exact) mass is 192 g/mol. The first kappa shape index (κ1) is 8.49. The fourth-order valence-electron chi connectivity index (χ4n) is 1.15. The normalized spacial score (nSPS) is 10.4. The fourth-order valence-corrected chi connectivity index (χ4v) is 1.15. The molecule has 0 unspecified atom stereocenters. The minimum Gasteiger partial charge on any atom is -0.493 e. The first-order valence-corrected chi connectivity index (χ1v) is 3.94. The minimum absolute atomic E-state index is 0.301. The second-order valence-electron chi connectivity index (χ2n) is 2.84. The summed E-state index contributed by atoms with van der Waals surface area (Å²) in [5, 5.41) is 9.12. The maximum Gasteiger partial charge on any atom is 0.255 e. The fraction of sp³-hybridized carbons (Fsp3) is 0.125. The van der Waals surface area contributed by atoms with Crippen molar-refractivity contribution in [2.24, 2.45) is 7.05 Å². The van der Waals surface area contributed by atoms with Gasteiger partial charge in [0.15, 0.2) is 5.82 Å². The number of imidazole rings is 1. The molecule has 72 valence electrons. The van der Waals surface area contributed by atoms with Crippen molar-refractivity contribution in [3.8, 4) is 17.4 Å². The number of aromatic amines is 1. The molecule has 6 nitrogen and oxygen atoms in total. The minimum atomic E-state index is -0.395. The summed E-state index contributed by atoms with van der Waals surface area (Å²) in [5.41, 5.74) is 0.242. The van der Waals surface area contributed by atoms with Crippen LogP contribution in [0.2, 0.25) is 0 Å². The Morgan fingerprint density at radius 2 is 2.36 bits per heavy atom. The van der Waals surface area contributed by atoms with Gasteiger partial charge in [0.2, 0.25) is 5.88 Å². The van der Waals surface area contributed by atoms with Gasteiger partial charge in [0.25, 0.3) is 5.56 Å². The molecule has 0 spiro atoms. The molecule has 0 fully saturated rings. The molecule has 2 aromatic rings. The van der Waals surface area contributed by atoms with Crippen molar-refractivity contribution >= 4 is 0 Å². The number of aromatic hydroxyl groups is 1. The molecular weight excluding hydrogens is 184 g/mol. The Bertz CT molecular complexity index is 514. The van der Waals surface area contributed by atoms with Crippen LogP contribution in [0.4, 0.5) is 0 Å². The van der Waals surface area contributed by atoms with Gasteiger partial charge in [-0.1, -0.05) is 0 Å². The molecule has 14 heavy (non-hydrogen) atoms. The van der Waals surface area contributed by atoms with Crippen molar-refractivity contribution in [1.29, 1.82) is 0 Å². The van der Waals surface area contributed by atoms with E-state index in [1.807, 2.05) is 0 Å². The lowest BCUT2D eigenvalue weighted by atomic mass is 10.4. The molecule has 6 heteroatoms. The second kappa shape index (κ2) is 2.99. The lowest BCUT2D eigenvalue weighted by molar-refractivity contribution is 0.451. The molecule has 0 aliphatic heterocycles. The summed E-state index contributed by atoms with van der Waals surface area (Å²) < 4.78 is 1.69. The number of hydrogen-bond acceptors (Lipinski definition) is 4. The van der Waals surface area contributed by atoms with E-state index in [9.17, 15) is 4.79 Å². The van der Waals surface area contributed by atoms with Gasteiger partial charge >= 0.3 is 0 Å². The molecule has 0 atom stereocenters. The Morgan fingerprint density at radius 1 is 1.57 bits per heavy atom. The van der Waals surface area contributed by atoms with Crippen molar-refractivity contribution in [3.05, 3.63) is 28.9 Å². The summed E-state index contributed by atoms with van der Waals surface area (Å²) in [6, 6.07) is 1.01. The smallest absolute Gasteiger partial charge is 0.255 e. The first-order valence-electron chi connectivity index (χ1n) is 3.94. The van der Waals surface area contributed by atoms with E-state index in [-0.39, 0.29) is 5.88 Å². The predicted octanol–water partition coefficient (Wildman–Crippen LogP) is -0.124. The Morgan fingerprint density at radius 3 is 2.93 bits per heavy atom. The largest absolute Gasteiger partial charge is 0.493 e. The third-order valence-electron chi connectivity index (χ3n) is 1.79. The number of nitrogens with zero attached hydrogens (tertiary/aromatic N) is 3. The van der Waals surface area contributed by atoms with Crippen molar-refractivity contribution in [2.75, 3.05) is 0 Å². The first-order chi connectivity index (χ1) is 6.66. The zero-order chi connectivity index (χ0) is 10.1. The van der Waals surface area contributed by atoms with E-state index in [4.69, 9.17) is 5.11 Å². The van der Waals surface area contributed by atoms with E-state index >= 15 is 0 Å². The van der Waals surface area contributed by atoms with E-state index in [2.05, 4.69) is 15.0 Å². The molecule has 2 N–H and O–H groups in total. The Labute approximate surface area is 78.9 Å². The highest BCUT2D eigenvalue weighted by Gasteiger charge is 2.06. The van der Waals surface area contributed by atoms with E-state index in [0.717, 1.165) is 6.07 Å². The van der Waals surface area contributed by atoms with Crippen LogP contribution in [-0.4, -0.2) is 24.6 Å². The molecule has 0 radical (unpaired) electrons. The van der Waals surface area contributed by atoms with Crippen molar-refractivity contribution in [3.63, 3.8) is 0 Å². The topological polar surface area (TPSA) is 83.8 Å². The van der Waals surface area contributed by atoms with E-state index in [1.165, 1.54) is 0 Å². The van der Waals surface area contributed by atoms with Crippen LogP contribution in [0.15, 0.2) is 23.4 Å². The summed E-state index contributed by atoms with van der Waals surface area (Å²) in [6.07, 6.45) is 3.14. The van der Waals surface area contributed by atoms with Gasteiger partial charge in [-0.3, -0.25) is 4.79 Å². The van der Waals surface area contributed by atoms with Gasteiger partial charge in [-0.15, -0.1) is 0 Å². The van der Waals surface area contributed by atoms with E-state index < -0.39 is 5.56 Å². The van der Waals surface area contributed by atoms with Crippen LogP contribution in [-0.2, 0) is 7.05 Å². The highest BCUT2D eigenvalue weighted by atomic mass is 16.3. The highest BCUT2D eigenvalue weighted by molar-refractivity contribution is 5.48. The second-order valence-corrected chi connectivity index (χ2v) is 2.84. The summed E-state index contributed by atoms with van der Waals surface area (Å²) in [7, 11) is 1.77. The zero-order valence-electron chi connectivity index (χ0n) is 7.43. The van der Waals surface area contributed by atoms with Gasteiger partial charge in [0.05, 0.1) is 18.6 Å². The van der Waals surface area contributed by atoms with Crippen molar-refractivity contribution < 1.29 is 5.11 Å². The van der Waals surface area contributed by atoms with Crippen molar-refractivity contribution in [1.82, 2.24) is 19.5 Å². The average Bonchev–Trinajstić information content (AvgIpc) is 2.49. The molecule has 2 aromatic heterocycles. The molecular formula is C8H8N4O2. The third-order valence-corrected chi connectivity index (χ3v) is 1.79. The molecule has 0 saturated carbocycles. The summed E-state index contributed by atoms with van der Waals surface area (Å²) in [4.78, 5) is 21.2. The van der Waals surface area contributed by atoms with Gasteiger partial charge in [-0.05, 0) is 0 Å². The molecule has 0 aromatic carbocycles. The molecule has 0 saturated heterocycles. The molecule has 2 heterocycles. The van der Waals surface area contributed by atoms with Gasteiger partial charge in [-0.2, -0.15) is 4.98 Å². The average molecular weight is 192 g/mol. The lowest BCUT2D eigenvalue weighted by Crippen LogP contribution is -2.07. The van der Waals surface area contributed by atoms with Crippen LogP contribution < -0.4 is 5.56 Å². The molecule has 2 rings (SSSR count). The summed E-state index contributed by atoms with van der Waals surface area (Å²) in [6.45, 7) is 0. The molecule has 0 aliphatic carbocycles. The maximum absolute atomic E-state index is 11.0. The van der Waals surface area contributed by atoms with Crippen LogP contribution in [0.3, 0.4) is 0 Å². The quantitative estimate of drug-likeness (QED) is 0.659. The van der Waals surface area contributed by atoms with Gasteiger partial charge in [0.1, 0.15) is 5.69 Å². The number of aromatic nitrogens is 4. The van der Waals surface area contributed by atoms with E-state index in [0.29, 0.717) is 11.5 Å². The predicted molar refractivity (Wildman–Crippen MR) is 48.7 cm³/mol. The van der Waals surface area contributed by atoms with Crippen LogP contribution in [0.25, 0.3) is 11.5 Å². The number of H-pyrrole nitrogens is 1. The molecule has 0 aliphatic rings. The van der Waals surface area contributed by atoms with Crippen LogP contribution in [0, 0.1) is 0 Å². The van der Waals surface area contributed by atoms with E-state index in [1.54, 1.807) is 24.1 Å². The maximum atomic E-state index is 11.0. The van der Waals surface area contributed by atoms with Gasteiger partial charge in [0, 0.05) is 7.05 Å². The molecule has 0 bridgehead atoms. The Hall–Kier alpha value is -2.11. The summed E-state index contributed by atoms with van der Waals surface area (Å²) >= 11 is 0. The Kier molecular flexibility index (Phi) is 1.81. The third kappa shape index (κ3) is 1.37. The number of aryl methyl sites for hydroxylation is 1. The SMILES string of the molecule is Cn1cncc1-c1nc(O)cc(=O)[nH]1. The summed E-state index contributed by atoms with van der Waals surface area (Å²) in [5.74, 6) is -0.0000463. The highest BCUT2D eigenvalue weighted by Crippen LogP contribution is 2.12. The van der Waals surface area contributed by atoms with Gasteiger partial charge in [-0.25, -0.2) is 4.98 Å². The van der Waals surface area contributed by atoms with Gasteiger partial charge < -0.3 is 14.7 Å². The zero-order valence-corrected chi connectivity index (χ0v) is 7.43. The van der Waals surface area contributed by atoms with Crippen LogP contribution in [0.5, 0.6) is 5.88 Å². The Balaban J connectivity index is 2.63. The number of hydrogen-bond donors (Lipinski definition) is 2. The number of nitrogens with one attached hydrogen (secondary N) is 1. The molecule has 0 amide bonds. The lowest BCUT2D eigenvalue weighted by Gasteiger charge is -2.00. The number of rotatable bonds is 1.